The summed E-state index contributed by atoms with van der Waals surface area (Å²) in [6, 6.07) is 14.1. The number of amides is 2. The van der Waals surface area contributed by atoms with E-state index in [2.05, 4.69) is 10.6 Å². The summed E-state index contributed by atoms with van der Waals surface area (Å²) >= 11 is 6.00. The van der Waals surface area contributed by atoms with E-state index in [0.717, 1.165) is 11.3 Å². The topological polar surface area (TPSA) is 70.6 Å². The Bertz CT molecular complexity index is 664. The minimum absolute atomic E-state index is 0.0771. The molecule has 0 spiro atoms. The van der Waals surface area contributed by atoms with E-state index in [4.69, 9.17) is 16.3 Å². The van der Waals surface area contributed by atoms with Crippen molar-refractivity contribution in [3.63, 3.8) is 0 Å². The number of ether oxygens (including phenoxy) is 1. The molecule has 122 valence electrons. The van der Waals surface area contributed by atoms with Crippen molar-refractivity contribution < 1.29 is 14.6 Å². The zero-order valence-electron chi connectivity index (χ0n) is 12.8. The Kier molecular flexibility index (Phi) is 6.26. The number of hydrogen-bond donors (Lipinski definition) is 3. The third-order valence-corrected chi connectivity index (χ3v) is 3.65. The van der Waals surface area contributed by atoms with Gasteiger partial charge in [0.25, 0.3) is 0 Å². The molecule has 2 aromatic carbocycles. The van der Waals surface area contributed by atoms with Crippen molar-refractivity contribution >= 4 is 17.6 Å². The molecular formula is C17H19ClN2O3. The lowest BCUT2D eigenvalue weighted by Gasteiger charge is -2.14. The highest BCUT2D eigenvalue weighted by Gasteiger charge is 2.12. The number of hydrogen-bond acceptors (Lipinski definition) is 3. The number of halogens is 1. The fraction of sp³-hybridized carbons (Fsp3) is 0.235. The first-order chi connectivity index (χ1) is 11.1. The monoisotopic (exact) mass is 334 g/mol. The second kappa shape index (κ2) is 8.41. The first-order valence-electron chi connectivity index (χ1n) is 7.17. The lowest BCUT2D eigenvalue weighted by molar-refractivity contribution is 0.173. The second-order valence-corrected chi connectivity index (χ2v) is 5.36. The number of nitrogens with one attached hydrogen (secondary N) is 2. The highest BCUT2D eigenvalue weighted by atomic mass is 35.5. The van der Waals surface area contributed by atoms with E-state index in [1.807, 2.05) is 24.3 Å². The van der Waals surface area contributed by atoms with Gasteiger partial charge in [0.1, 0.15) is 5.75 Å². The van der Waals surface area contributed by atoms with Crippen molar-refractivity contribution in [1.29, 1.82) is 0 Å². The van der Waals surface area contributed by atoms with Crippen molar-refractivity contribution in [2.75, 3.05) is 13.7 Å². The molecule has 6 heteroatoms. The molecule has 2 rings (SSSR count). The first kappa shape index (κ1) is 17.1. The van der Waals surface area contributed by atoms with Gasteiger partial charge in [0.05, 0.1) is 13.2 Å². The van der Waals surface area contributed by atoms with Crippen molar-refractivity contribution in [2.45, 2.75) is 12.6 Å². The van der Waals surface area contributed by atoms with Crippen LogP contribution in [0.3, 0.4) is 0 Å². The Morgan fingerprint density at radius 2 is 2.00 bits per heavy atom. The minimum atomic E-state index is -0.855. The van der Waals surface area contributed by atoms with Gasteiger partial charge in [-0.05, 0) is 23.8 Å². The summed E-state index contributed by atoms with van der Waals surface area (Å²) in [5.74, 6) is 0.735. The van der Waals surface area contributed by atoms with Crippen LogP contribution in [0.15, 0.2) is 48.5 Å². The second-order valence-electron chi connectivity index (χ2n) is 4.95. The van der Waals surface area contributed by atoms with Gasteiger partial charge in [-0.2, -0.15) is 0 Å². The zero-order valence-corrected chi connectivity index (χ0v) is 13.5. The molecule has 2 amide bonds. The highest BCUT2D eigenvalue weighted by molar-refractivity contribution is 6.31. The summed E-state index contributed by atoms with van der Waals surface area (Å²) in [7, 11) is 1.59. The number of methoxy groups -OCH3 is 1. The summed E-state index contributed by atoms with van der Waals surface area (Å²) in [5, 5.41) is 15.9. The molecule has 0 fully saturated rings. The van der Waals surface area contributed by atoms with Gasteiger partial charge in [0.2, 0.25) is 0 Å². The molecule has 0 bridgehead atoms. The summed E-state index contributed by atoms with van der Waals surface area (Å²) < 4.78 is 5.13. The fourth-order valence-corrected chi connectivity index (χ4v) is 2.33. The maximum Gasteiger partial charge on any atom is 0.315 e. The van der Waals surface area contributed by atoms with E-state index < -0.39 is 6.10 Å². The number of carbonyl (C=O) groups excluding carboxylic acids is 1. The molecule has 0 radical (unpaired) electrons. The Labute approximate surface area is 140 Å². The van der Waals surface area contributed by atoms with Crippen molar-refractivity contribution in [3.8, 4) is 5.75 Å². The third kappa shape index (κ3) is 5.16. The molecule has 0 saturated heterocycles. The van der Waals surface area contributed by atoms with Gasteiger partial charge in [0.15, 0.2) is 0 Å². The highest BCUT2D eigenvalue weighted by Crippen LogP contribution is 2.21. The average molecular weight is 335 g/mol. The number of benzene rings is 2. The van der Waals surface area contributed by atoms with E-state index in [-0.39, 0.29) is 12.6 Å². The van der Waals surface area contributed by atoms with Crippen LogP contribution in [0.5, 0.6) is 5.75 Å². The number of aliphatic hydroxyl groups is 1. The fourth-order valence-electron chi connectivity index (χ4n) is 2.07. The molecule has 2 aromatic rings. The molecule has 0 heterocycles. The largest absolute Gasteiger partial charge is 0.497 e. The van der Waals surface area contributed by atoms with E-state index in [9.17, 15) is 9.90 Å². The molecule has 5 nitrogen and oxygen atoms in total. The lowest BCUT2D eigenvalue weighted by Crippen LogP contribution is -2.37. The SMILES string of the molecule is COc1cccc(CNC(=O)NCC(O)c2ccccc2Cl)c1. The molecule has 0 saturated carbocycles. The summed E-state index contributed by atoms with van der Waals surface area (Å²) in [6.45, 7) is 0.443. The maximum absolute atomic E-state index is 11.8. The predicted octanol–water partition coefficient (Wildman–Crippen LogP) is 2.88. The molecule has 0 aliphatic carbocycles. The van der Waals surface area contributed by atoms with Crippen molar-refractivity contribution in [3.05, 3.63) is 64.7 Å². The van der Waals surface area contributed by atoms with Gasteiger partial charge in [-0.1, -0.05) is 41.9 Å². The molecule has 23 heavy (non-hydrogen) atoms. The van der Waals surface area contributed by atoms with Crippen LogP contribution in [-0.2, 0) is 6.54 Å². The maximum atomic E-state index is 11.8. The smallest absolute Gasteiger partial charge is 0.315 e. The minimum Gasteiger partial charge on any atom is -0.497 e. The standard InChI is InChI=1S/C17H19ClN2O3/c1-23-13-6-4-5-12(9-13)10-19-17(22)20-11-16(21)14-7-2-3-8-15(14)18/h2-9,16,21H,10-11H2,1H3,(H2,19,20,22). The molecule has 3 N–H and O–H groups in total. The number of urea groups is 1. The van der Waals surface area contributed by atoms with Crippen molar-refractivity contribution in [1.82, 2.24) is 10.6 Å². The number of carbonyl (C=O) groups is 1. The Hall–Kier alpha value is -2.24. The normalized spacial score (nSPS) is 11.6. The Morgan fingerprint density at radius 3 is 2.74 bits per heavy atom. The van der Waals surface area contributed by atoms with E-state index in [1.54, 1.807) is 31.4 Å². The Balaban J connectivity index is 1.80. The van der Waals surface area contributed by atoms with Crippen LogP contribution in [-0.4, -0.2) is 24.8 Å². The van der Waals surface area contributed by atoms with E-state index >= 15 is 0 Å². The molecule has 0 aliphatic rings. The van der Waals surface area contributed by atoms with E-state index in [1.165, 1.54) is 0 Å². The average Bonchev–Trinajstić information content (AvgIpc) is 2.58. The molecule has 1 atom stereocenters. The van der Waals surface area contributed by atoms with Crippen molar-refractivity contribution in [2.24, 2.45) is 0 Å². The van der Waals surface area contributed by atoms with Crippen LogP contribution in [0.25, 0.3) is 0 Å². The van der Waals surface area contributed by atoms with Gasteiger partial charge in [0, 0.05) is 23.7 Å². The lowest BCUT2D eigenvalue weighted by atomic mass is 10.1. The predicted molar refractivity (Wildman–Crippen MR) is 89.6 cm³/mol. The molecule has 1 unspecified atom stereocenters. The van der Waals surface area contributed by atoms with Gasteiger partial charge in [-0.3, -0.25) is 0 Å². The number of aliphatic hydroxyl groups excluding tert-OH is 1. The van der Waals surface area contributed by atoms with Gasteiger partial charge in [-0.15, -0.1) is 0 Å². The van der Waals surface area contributed by atoms with Gasteiger partial charge < -0.3 is 20.5 Å². The third-order valence-electron chi connectivity index (χ3n) is 3.31. The quantitative estimate of drug-likeness (QED) is 0.760. The number of rotatable bonds is 6. The molecule has 0 aliphatic heterocycles. The van der Waals surface area contributed by atoms with Gasteiger partial charge in [-0.25, -0.2) is 4.79 Å². The summed E-state index contributed by atoms with van der Waals surface area (Å²) in [6.07, 6.45) is -0.855. The summed E-state index contributed by atoms with van der Waals surface area (Å²) in [5.41, 5.74) is 1.51. The Morgan fingerprint density at radius 1 is 1.22 bits per heavy atom. The van der Waals surface area contributed by atoms with E-state index in [0.29, 0.717) is 17.1 Å². The van der Waals surface area contributed by atoms with Crippen LogP contribution in [0.2, 0.25) is 5.02 Å². The van der Waals surface area contributed by atoms with Crippen LogP contribution in [0, 0.1) is 0 Å². The van der Waals surface area contributed by atoms with Crippen LogP contribution in [0.4, 0.5) is 4.79 Å². The van der Waals surface area contributed by atoms with Crippen LogP contribution in [0.1, 0.15) is 17.2 Å². The zero-order chi connectivity index (χ0) is 16.7. The molecular weight excluding hydrogens is 316 g/mol. The van der Waals surface area contributed by atoms with Gasteiger partial charge >= 0.3 is 6.03 Å². The van der Waals surface area contributed by atoms with Crippen LogP contribution >= 0.6 is 11.6 Å². The van der Waals surface area contributed by atoms with Crippen LogP contribution < -0.4 is 15.4 Å². The molecule has 0 aromatic heterocycles. The first-order valence-corrected chi connectivity index (χ1v) is 7.55. The summed E-state index contributed by atoms with van der Waals surface area (Å²) in [4.78, 5) is 11.8.